The second-order valence-electron chi connectivity index (χ2n) is 6.75. The number of aryl methyl sites for hydroxylation is 1. The van der Waals surface area contributed by atoms with Crippen molar-refractivity contribution in [3.8, 4) is 0 Å². The fourth-order valence-electron chi connectivity index (χ4n) is 3.24. The molecule has 7 nitrogen and oxygen atoms in total. The molecule has 28 heavy (non-hydrogen) atoms. The molecule has 1 saturated heterocycles. The van der Waals surface area contributed by atoms with Gasteiger partial charge in [0.05, 0.1) is 11.9 Å². The molecule has 0 unspecified atom stereocenters. The van der Waals surface area contributed by atoms with Gasteiger partial charge in [0.15, 0.2) is 0 Å². The van der Waals surface area contributed by atoms with Crippen LogP contribution in [-0.4, -0.2) is 47.0 Å². The van der Waals surface area contributed by atoms with Crippen molar-refractivity contribution in [2.75, 3.05) is 41.3 Å². The van der Waals surface area contributed by atoms with Gasteiger partial charge in [-0.3, -0.25) is 4.79 Å². The van der Waals surface area contributed by atoms with Gasteiger partial charge in [-0.1, -0.05) is 17.7 Å². The molecule has 1 fully saturated rings. The summed E-state index contributed by atoms with van der Waals surface area (Å²) in [6, 6.07) is 13.2. The first-order valence-electron chi connectivity index (χ1n) is 9.30. The summed E-state index contributed by atoms with van der Waals surface area (Å²) in [7, 11) is 0. The van der Waals surface area contributed by atoms with Gasteiger partial charge in [-0.25, -0.2) is 15.0 Å². The van der Waals surface area contributed by atoms with Gasteiger partial charge in [0.2, 0.25) is 5.95 Å². The minimum absolute atomic E-state index is 0.152. The fourth-order valence-corrected chi connectivity index (χ4v) is 3.24. The maximum atomic E-state index is 12.3. The molecule has 2 aromatic heterocycles. The van der Waals surface area contributed by atoms with E-state index in [-0.39, 0.29) is 5.91 Å². The molecule has 1 aliphatic rings. The first-order valence-corrected chi connectivity index (χ1v) is 9.30. The van der Waals surface area contributed by atoms with Crippen LogP contribution in [0.15, 0.2) is 61.1 Å². The normalized spacial score (nSPS) is 14.0. The Kier molecular flexibility index (Phi) is 5.14. The van der Waals surface area contributed by atoms with Crippen LogP contribution in [0.5, 0.6) is 0 Å². The van der Waals surface area contributed by atoms with Crippen molar-refractivity contribution in [1.29, 1.82) is 0 Å². The van der Waals surface area contributed by atoms with Crippen LogP contribution in [0.4, 0.5) is 17.5 Å². The number of anilines is 3. The molecule has 1 amide bonds. The monoisotopic (exact) mass is 374 g/mol. The number of benzene rings is 1. The lowest BCUT2D eigenvalue weighted by Gasteiger charge is -2.35. The number of carbonyl (C=O) groups is 1. The molecule has 0 radical (unpaired) electrons. The number of nitrogens with zero attached hydrogens (tertiary/aromatic N) is 5. The molecule has 3 heterocycles. The topological polar surface area (TPSA) is 74.2 Å². The molecule has 0 spiro atoms. The smallest absolute Gasteiger partial charge is 0.256 e. The lowest BCUT2D eigenvalue weighted by atomic mass is 10.1. The van der Waals surface area contributed by atoms with Crippen molar-refractivity contribution in [2.24, 2.45) is 0 Å². The number of hydrogen-bond donors (Lipinski definition) is 1. The van der Waals surface area contributed by atoms with E-state index in [4.69, 9.17) is 0 Å². The van der Waals surface area contributed by atoms with E-state index >= 15 is 0 Å². The summed E-state index contributed by atoms with van der Waals surface area (Å²) in [5, 5.41) is 2.85. The molecule has 0 aliphatic carbocycles. The lowest BCUT2D eigenvalue weighted by Crippen LogP contribution is -2.47. The highest BCUT2D eigenvalue weighted by atomic mass is 16.1. The molecule has 0 atom stereocenters. The van der Waals surface area contributed by atoms with Crippen LogP contribution < -0.4 is 15.1 Å². The maximum Gasteiger partial charge on any atom is 0.256 e. The quantitative estimate of drug-likeness (QED) is 0.757. The highest BCUT2D eigenvalue weighted by Gasteiger charge is 2.19. The number of pyridine rings is 1. The third-order valence-electron chi connectivity index (χ3n) is 4.75. The molecule has 1 aliphatic heterocycles. The number of amides is 1. The Bertz CT molecular complexity index is 937. The van der Waals surface area contributed by atoms with E-state index < -0.39 is 0 Å². The zero-order chi connectivity index (χ0) is 19.3. The minimum Gasteiger partial charge on any atom is -0.367 e. The van der Waals surface area contributed by atoms with Gasteiger partial charge in [0.1, 0.15) is 5.82 Å². The predicted octanol–water partition coefficient (Wildman–Crippen LogP) is 2.76. The van der Waals surface area contributed by atoms with Crippen LogP contribution in [-0.2, 0) is 0 Å². The second kappa shape index (κ2) is 8.04. The van der Waals surface area contributed by atoms with Gasteiger partial charge in [0.25, 0.3) is 5.91 Å². The van der Waals surface area contributed by atoms with E-state index in [1.54, 1.807) is 24.7 Å². The number of nitrogens with one attached hydrogen (secondary N) is 1. The molecule has 7 heteroatoms. The molecule has 0 bridgehead atoms. The lowest BCUT2D eigenvalue weighted by molar-refractivity contribution is 0.102. The van der Waals surface area contributed by atoms with E-state index in [0.29, 0.717) is 11.4 Å². The van der Waals surface area contributed by atoms with Crippen molar-refractivity contribution in [3.63, 3.8) is 0 Å². The Morgan fingerprint density at radius 3 is 2.36 bits per heavy atom. The van der Waals surface area contributed by atoms with Crippen molar-refractivity contribution in [1.82, 2.24) is 15.0 Å². The van der Waals surface area contributed by atoms with Crippen LogP contribution in [0.2, 0.25) is 0 Å². The van der Waals surface area contributed by atoms with Crippen molar-refractivity contribution >= 4 is 23.4 Å². The second-order valence-corrected chi connectivity index (χ2v) is 6.75. The Labute approximate surface area is 164 Å². The SMILES string of the molecule is Cc1cccc(C(=O)Nc2ccc(N3CCN(c4ncccn4)CC3)cn2)c1. The Morgan fingerprint density at radius 1 is 0.929 bits per heavy atom. The van der Waals surface area contributed by atoms with Crippen molar-refractivity contribution < 1.29 is 4.79 Å². The van der Waals surface area contributed by atoms with Crippen LogP contribution in [0.3, 0.4) is 0 Å². The number of rotatable bonds is 4. The Morgan fingerprint density at radius 2 is 1.68 bits per heavy atom. The standard InChI is InChI=1S/C21H22N6O/c1-16-4-2-5-17(14-16)20(28)25-19-7-6-18(15-24-19)26-10-12-27(13-11-26)21-22-8-3-9-23-21/h2-9,14-15H,10-13H2,1H3,(H,24,25,28). The van der Waals surface area contributed by atoms with Gasteiger partial charge >= 0.3 is 0 Å². The Hall–Kier alpha value is -3.48. The number of hydrogen-bond acceptors (Lipinski definition) is 6. The molecule has 0 saturated carbocycles. The summed E-state index contributed by atoms with van der Waals surface area (Å²) in [5.74, 6) is 1.17. The molecule has 1 aromatic carbocycles. The molecular weight excluding hydrogens is 352 g/mol. The van der Waals surface area contributed by atoms with E-state index in [9.17, 15) is 4.79 Å². The van der Waals surface area contributed by atoms with Gasteiger partial charge in [-0.05, 0) is 37.3 Å². The van der Waals surface area contributed by atoms with Gasteiger partial charge in [-0.15, -0.1) is 0 Å². The van der Waals surface area contributed by atoms with Crippen molar-refractivity contribution in [3.05, 3.63) is 72.2 Å². The molecule has 142 valence electrons. The highest BCUT2D eigenvalue weighted by Crippen LogP contribution is 2.19. The molecule has 3 aromatic rings. The van der Waals surface area contributed by atoms with Gasteiger partial charge in [0, 0.05) is 44.1 Å². The maximum absolute atomic E-state index is 12.3. The summed E-state index contributed by atoms with van der Waals surface area (Å²) >= 11 is 0. The van der Waals surface area contributed by atoms with E-state index in [2.05, 4.69) is 30.1 Å². The number of carbonyl (C=O) groups excluding carboxylic acids is 1. The fraction of sp³-hybridized carbons (Fsp3) is 0.238. The average molecular weight is 374 g/mol. The largest absolute Gasteiger partial charge is 0.367 e. The molecule has 1 N–H and O–H groups in total. The zero-order valence-electron chi connectivity index (χ0n) is 15.7. The third kappa shape index (κ3) is 4.09. The summed E-state index contributed by atoms with van der Waals surface area (Å²) < 4.78 is 0. The Balaban J connectivity index is 1.35. The summed E-state index contributed by atoms with van der Waals surface area (Å²) in [4.78, 5) is 29.8. The number of aromatic nitrogens is 3. The van der Waals surface area contributed by atoms with Crippen LogP contribution in [0.25, 0.3) is 0 Å². The van der Waals surface area contributed by atoms with Crippen LogP contribution in [0, 0.1) is 6.92 Å². The predicted molar refractivity (Wildman–Crippen MR) is 110 cm³/mol. The van der Waals surface area contributed by atoms with E-state index in [0.717, 1.165) is 43.4 Å². The minimum atomic E-state index is -0.152. The van der Waals surface area contributed by atoms with Gasteiger partial charge in [-0.2, -0.15) is 0 Å². The first-order chi connectivity index (χ1) is 13.7. The van der Waals surface area contributed by atoms with E-state index in [1.165, 1.54) is 0 Å². The van der Waals surface area contributed by atoms with Crippen LogP contribution in [0.1, 0.15) is 15.9 Å². The van der Waals surface area contributed by atoms with E-state index in [1.807, 2.05) is 43.3 Å². The highest BCUT2D eigenvalue weighted by molar-refractivity contribution is 6.03. The third-order valence-corrected chi connectivity index (χ3v) is 4.75. The van der Waals surface area contributed by atoms with Gasteiger partial charge < -0.3 is 15.1 Å². The van der Waals surface area contributed by atoms with Crippen LogP contribution >= 0.6 is 0 Å². The summed E-state index contributed by atoms with van der Waals surface area (Å²) in [6.07, 6.45) is 5.34. The van der Waals surface area contributed by atoms with Crippen molar-refractivity contribution in [2.45, 2.75) is 6.92 Å². The molecule has 4 rings (SSSR count). The average Bonchev–Trinajstić information content (AvgIpc) is 2.75. The molecular formula is C21H22N6O. The summed E-state index contributed by atoms with van der Waals surface area (Å²) in [6.45, 7) is 5.42. The first kappa shape index (κ1) is 17.9. The number of piperazine rings is 1. The summed E-state index contributed by atoms with van der Waals surface area (Å²) in [5.41, 5.74) is 2.73. The zero-order valence-corrected chi connectivity index (χ0v) is 15.7.